The lowest BCUT2D eigenvalue weighted by Crippen LogP contribution is -2.25. The Labute approximate surface area is 149 Å². The maximum Gasteiger partial charge on any atom is 0.246 e. The summed E-state index contributed by atoms with van der Waals surface area (Å²) in [5, 5.41) is 4.96. The van der Waals surface area contributed by atoms with E-state index in [2.05, 4.69) is 29.5 Å². The summed E-state index contributed by atoms with van der Waals surface area (Å²) in [4.78, 5) is 15.6. The fraction of sp³-hybridized carbons (Fsp3) is 0.222. The first-order chi connectivity index (χ1) is 12.3. The van der Waals surface area contributed by atoms with Crippen molar-refractivity contribution in [1.82, 2.24) is 0 Å². The third-order valence-electron chi connectivity index (χ3n) is 3.53. The predicted molar refractivity (Wildman–Crippen MR) is 95.6 cm³/mol. The number of aliphatic imine (C=N–C) groups is 1. The number of hydrogen-bond acceptors (Lipinski definition) is 2. The van der Waals surface area contributed by atoms with E-state index in [1.165, 1.54) is 0 Å². The highest BCUT2D eigenvalue weighted by Crippen LogP contribution is 2.20. The Morgan fingerprint density at radius 1 is 1.12 bits per heavy atom. The molecule has 0 spiro atoms. The van der Waals surface area contributed by atoms with Gasteiger partial charge >= 0.3 is 0 Å². The molecular formula is C18H19F3N4O. The molecule has 0 aromatic heterocycles. The molecule has 1 amide bonds. The molecule has 5 nitrogen and oxygen atoms in total. The number of nitrogens with zero attached hydrogens (tertiary/aromatic N) is 1. The minimum atomic E-state index is -1.66. The van der Waals surface area contributed by atoms with Crippen LogP contribution in [0, 0.1) is 17.5 Å². The number of nitrogens with two attached hydrogens (primary N) is 1. The lowest BCUT2D eigenvalue weighted by molar-refractivity contribution is -0.114. The zero-order chi connectivity index (χ0) is 19.3. The SMILES string of the molecule is CC(C)c1cccc(NC(N)=NCC(=O)Nc2ccc(F)c(F)c2F)c1. The Kier molecular flexibility index (Phi) is 6.21. The highest BCUT2D eigenvalue weighted by molar-refractivity contribution is 5.97. The van der Waals surface area contributed by atoms with E-state index in [0.717, 1.165) is 17.7 Å². The van der Waals surface area contributed by atoms with Crippen LogP contribution in [0.15, 0.2) is 41.4 Å². The highest BCUT2D eigenvalue weighted by Gasteiger charge is 2.15. The van der Waals surface area contributed by atoms with Crippen LogP contribution >= 0.6 is 0 Å². The number of nitrogens with one attached hydrogen (secondary N) is 2. The Balaban J connectivity index is 1.97. The van der Waals surface area contributed by atoms with Gasteiger partial charge in [0, 0.05) is 5.69 Å². The molecule has 2 aromatic rings. The fourth-order valence-corrected chi connectivity index (χ4v) is 2.13. The van der Waals surface area contributed by atoms with Crippen molar-refractivity contribution in [3.8, 4) is 0 Å². The van der Waals surface area contributed by atoms with E-state index in [0.29, 0.717) is 11.6 Å². The monoisotopic (exact) mass is 364 g/mol. The largest absolute Gasteiger partial charge is 0.370 e. The van der Waals surface area contributed by atoms with Crippen molar-refractivity contribution in [2.24, 2.45) is 10.7 Å². The first-order valence-electron chi connectivity index (χ1n) is 7.88. The number of hydrogen-bond donors (Lipinski definition) is 3. The van der Waals surface area contributed by atoms with Crippen molar-refractivity contribution in [2.45, 2.75) is 19.8 Å². The summed E-state index contributed by atoms with van der Waals surface area (Å²) in [5.41, 5.74) is 7.07. The lowest BCUT2D eigenvalue weighted by Gasteiger charge is -2.10. The number of carbonyl (C=O) groups excluding carboxylic acids is 1. The maximum absolute atomic E-state index is 13.5. The molecule has 2 aromatic carbocycles. The molecule has 26 heavy (non-hydrogen) atoms. The number of anilines is 2. The van der Waals surface area contributed by atoms with E-state index in [1.54, 1.807) is 6.07 Å². The molecule has 0 aliphatic heterocycles. The Hall–Kier alpha value is -3.03. The van der Waals surface area contributed by atoms with Crippen molar-refractivity contribution in [3.63, 3.8) is 0 Å². The molecule has 4 N–H and O–H groups in total. The van der Waals surface area contributed by atoms with Crippen LogP contribution < -0.4 is 16.4 Å². The van der Waals surface area contributed by atoms with E-state index in [9.17, 15) is 18.0 Å². The van der Waals surface area contributed by atoms with Crippen molar-refractivity contribution >= 4 is 23.2 Å². The number of guanidine groups is 1. The van der Waals surface area contributed by atoms with Gasteiger partial charge in [-0.15, -0.1) is 0 Å². The van der Waals surface area contributed by atoms with Gasteiger partial charge in [0.25, 0.3) is 0 Å². The average molecular weight is 364 g/mol. The summed E-state index contributed by atoms with van der Waals surface area (Å²) in [6, 6.07) is 9.19. The molecule has 0 unspecified atom stereocenters. The van der Waals surface area contributed by atoms with Crippen molar-refractivity contribution in [1.29, 1.82) is 0 Å². The summed E-state index contributed by atoms with van der Waals surface area (Å²) >= 11 is 0. The summed E-state index contributed by atoms with van der Waals surface area (Å²) < 4.78 is 39.5. The molecule has 8 heteroatoms. The normalized spacial score (nSPS) is 11.5. The molecular weight excluding hydrogens is 345 g/mol. The molecule has 0 saturated carbocycles. The molecule has 138 valence electrons. The number of carbonyl (C=O) groups is 1. The van der Waals surface area contributed by atoms with Crippen LogP contribution in [0.4, 0.5) is 24.5 Å². The van der Waals surface area contributed by atoms with Gasteiger partial charge in [0.05, 0.1) is 5.69 Å². The van der Waals surface area contributed by atoms with Crippen LogP contribution in [0.1, 0.15) is 25.3 Å². The van der Waals surface area contributed by atoms with E-state index in [4.69, 9.17) is 5.73 Å². The van der Waals surface area contributed by atoms with Crippen molar-refractivity contribution in [3.05, 3.63) is 59.4 Å². The van der Waals surface area contributed by atoms with E-state index >= 15 is 0 Å². The zero-order valence-corrected chi connectivity index (χ0v) is 14.3. The zero-order valence-electron chi connectivity index (χ0n) is 14.3. The quantitative estimate of drug-likeness (QED) is 0.431. The first kappa shape index (κ1) is 19.3. The Bertz CT molecular complexity index is 837. The summed E-state index contributed by atoms with van der Waals surface area (Å²) in [6.45, 7) is 3.69. The molecule has 0 saturated heterocycles. The third kappa shape index (κ3) is 4.98. The van der Waals surface area contributed by atoms with Gasteiger partial charge in [-0.25, -0.2) is 18.2 Å². The van der Waals surface area contributed by atoms with Crippen LogP contribution in [0.2, 0.25) is 0 Å². The average Bonchev–Trinajstić information content (AvgIpc) is 2.60. The van der Waals surface area contributed by atoms with Gasteiger partial charge in [0.2, 0.25) is 5.91 Å². The van der Waals surface area contributed by atoms with E-state index in [1.807, 2.05) is 18.2 Å². The number of rotatable bonds is 5. The molecule has 0 aliphatic carbocycles. The molecule has 0 aliphatic rings. The van der Waals surface area contributed by atoms with Gasteiger partial charge in [-0.05, 0) is 35.7 Å². The number of benzene rings is 2. The second kappa shape index (κ2) is 8.37. The number of amides is 1. The molecule has 2 rings (SSSR count). The second-order valence-corrected chi connectivity index (χ2v) is 5.88. The molecule has 0 atom stereocenters. The minimum absolute atomic E-state index is 0.00758. The Morgan fingerprint density at radius 2 is 1.85 bits per heavy atom. The van der Waals surface area contributed by atoms with Gasteiger partial charge < -0.3 is 16.4 Å². The van der Waals surface area contributed by atoms with E-state index in [-0.39, 0.29) is 5.96 Å². The summed E-state index contributed by atoms with van der Waals surface area (Å²) in [7, 11) is 0. The van der Waals surface area contributed by atoms with Crippen molar-refractivity contribution < 1.29 is 18.0 Å². The van der Waals surface area contributed by atoms with Gasteiger partial charge in [0.1, 0.15) is 6.54 Å². The van der Waals surface area contributed by atoms with Crippen molar-refractivity contribution in [2.75, 3.05) is 17.2 Å². The van der Waals surface area contributed by atoms with Gasteiger partial charge in [-0.3, -0.25) is 4.79 Å². The second-order valence-electron chi connectivity index (χ2n) is 5.88. The highest BCUT2D eigenvalue weighted by atomic mass is 19.2. The lowest BCUT2D eigenvalue weighted by atomic mass is 10.0. The molecule has 0 fully saturated rings. The third-order valence-corrected chi connectivity index (χ3v) is 3.53. The van der Waals surface area contributed by atoms with Crippen LogP contribution in [0.3, 0.4) is 0 Å². The Morgan fingerprint density at radius 3 is 2.54 bits per heavy atom. The fourth-order valence-electron chi connectivity index (χ4n) is 2.13. The topological polar surface area (TPSA) is 79.5 Å². The van der Waals surface area contributed by atoms with Crippen LogP contribution in [-0.2, 0) is 4.79 Å². The van der Waals surface area contributed by atoms with Crippen LogP contribution in [0.5, 0.6) is 0 Å². The number of halogens is 3. The summed E-state index contributed by atoms with van der Waals surface area (Å²) in [5.74, 6) is -4.86. The van der Waals surface area contributed by atoms with E-state index < -0.39 is 35.6 Å². The standard InChI is InChI=1S/C18H19F3N4O/c1-10(2)11-4-3-5-12(8-11)24-18(22)23-9-15(26)25-14-7-6-13(19)16(20)17(14)21/h3-8,10H,9H2,1-2H3,(H,25,26)(H3,22,23,24). The predicted octanol–water partition coefficient (Wildman–Crippen LogP) is 3.59. The van der Waals surface area contributed by atoms with Gasteiger partial charge in [-0.2, -0.15) is 0 Å². The van der Waals surface area contributed by atoms with Crippen LogP contribution in [-0.4, -0.2) is 18.4 Å². The minimum Gasteiger partial charge on any atom is -0.370 e. The first-order valence-corrected chi connectivity index (χ1v) is 7.88. The molecule has 0 radical (unpaired) electrons. The van der Waals surface area contributed by atoms with Gasteiger partial charge in [-0.1, -0.05) is 26.0 Å². The summed E-state index contributed by atoms with van der Waals surface area (Å²) in [6.07, 6.45) is 0. The smallest absolute Gasteiger partial charge is 0.246 e. The maximum atomic E-state index is 13.5. The molecule has 0 heterocycles. The van der Waals surface area contributed by atoms with Crippen LogP contribution in [0.25, 0.3) is 0 Å². The van der Waals surface area contributed by atoms with Gasteiger partial charge in [0.15, 0.2) is 23.4 Å². The molecule has 0 bridgehead atoms.